The minimum absolute atomic E-state index is 0.545. The van der Waals surface area contributed by atoms with Crippen LogP contribution in [0.2, 0.25) is 0 Å². The van der Waals surface area contributed by atoms with E-state index in [9.17, 15) is 0 Å². The Bertz CT molecular complexity index is 1150. The zero-order valence-electron chi connectivity index (χ0n) is 16.7. The molecule has 0 amide bonds. The molecule has 1 heterocycles. The first kappa shape index (κ1) is 18.7. The summed E-state index contributed by atoms with van der Waals surface area (Å²) in [5.74, 6) is 3.09. The van der Waals surface area contributed by atoms with Crippen LogP contribution in [0.4, 0.5) is 0 Å². The second-order valence-electron chi connectivity index (χ2n) is 6.31. The van der Waals surface area contributed by atoms with E-state index in [1.54, 1.807) is 28.4 Å². The Morgan fingerprint density at radius 2 is 1.41 bits per heavy atom. The molecule has 1 aromatic heterocycles. The second-order valence-corrected chi connectivity index (χ2v) is 6.31. The fraction of sp³-hybridized carbons (Fsp3) is 0.174. The van der Waals surface area contributed by atoms with Gasteiger partial charge < -0.3 is 23.4 Å². The van der Waals surface area contributed by atoms with Gasteiger partial charge in [-0.3, -0.25) is 0 Å². The van der Waals surface area contributed by atoms with Gasteiger partial charge in [0.1, 0.15) is 11.3 Å². The number of oxazole rings is 1. The summed E-state index contributed by atoms with van der Waals surface area (Å²) >= 11 is 0. The van der Waals surface area contributed by atoms with Crippen molar-refractivity contribution in [2.24, 2.45) is 0 Å². The maximum absolute atomic E-state index is 6.02. The van der Waals surface area contributed by atoms with Gasteiger partial charge in [0.05, 0.1) is 28.4 Å². The van der Waals surface area contributed by atoms with Gasteiger partial charge in [-0.15, -0.1) is 0 Å². The standard InChI is InChI=1S/C23H21NO5/c1-25-16-8-5-14(6-9-16)23-24-18-11-7-15(13-20(18)29-23)17-10-12-19(26-2)22(28-4)21(17)27-3/h5-13H,1-4H3. The number of ether oxygens (including phenoxy) is 4. The van der Waals surface area contributed by atoms with Crippen molar-refractivity contribution in [1.29, 1.82) is 0 Å². The van der Waals surface area contributed by atoms with E-state index >= 15 is 0 Å². The molecular formula is C23H21NO5. The van der Waals surface area contributed by atoms with Crippen molar-refractivity contribution < 1.29 is 23.4 Å². The summed E-state index contributed by atoms with van der Waals surface area (Å²) in [5.41, 5.74) is 4.14. The number of fused-ring (bicyclic) bond motifs is 1. The van der Waals surface area contributed by atoms with E-state index in [0.717, 1.165) is 28.0 Å². The smallest absolute Gasteiger partial charge is 0.227 e. The summed E-state index contributed by atoms with van der Waals surface area (Å²) in [6.07, 6.45) is 0. The SMILES string of the molecule is COc1ccc(-c2nc3ccc(-c4ccc(OC)c(OC)c4OC)cc3o2)cc1. The third-order valence-electron chi connectivity index (χ3n) is 4.74. The molecule has 0 saturated carbocycles. The van der Waals surface area contributed by atoms with Crippen LogP contribution < -0.4 is 18.9 Å². The summed E-state index contributed by atoms with van der Waals surface area (Å²) in [5, 5.41) is 0. The third-order valence-corrected chi connectivity index (χ3v) is 4.74. The minimum Gasteiger partial charge on any atom is -0.497 e. The lowest BCUT2D eigenvalue weighted by atomic mass is 10.0. The fourth-order valence-corrected chi connectivity index (χ4v) is 3.28. The lowest BCUT2D eigenvalue weighted by molar-refractivity contribution is 0.325. The molecule has 6 heteroatoms. The van der Waals surface area contributed by atoms with Crippen LogP contribution in [0.1, 0.15) is 0 Å². The molecule has 0 N–H and O–H groups in total. The van der Waals surface area contributed by atoms with E-state index in [-0.39, 0.29) is 0 Å². The van der Waals surface area contributed by atoms with Gasteiger partial charge in [0, 0.05) is 11.1 Å². The molecule has 0 aliphatic rings. The molecule has 0 radical (unpaired) electrons. The van der Waals surface area contributed by atoms with Crippen molar-refractivity contribution >= 4 is 11.1 Å². The van der Waals surface area contributed by atoms with E-state index in [0.29, 0.717) is 28.7 Å². The van der Waals surface area contributed by atoms with Crippen LogP contribution in [-0.2, 0) is 0 Å². The highest BCUT2D eigenvalue weighted by molar-refractivity contribution is 5.85. The quantitative estimate of drug-likeness (QED) is 0.450. The zero-order valence-corrected chi connectivity index (χ0v) is 16.7. The first-order chi connectivity index (χ1) is 14.2. The monoisotopic (exact) mass is 391 g/mol. The summed E-state index contributed by atoms with van der Waals surface area (Å²) in [6, 6.07) is 17.2. The van der Waals surface area contributed by atoms with Crippen LogP contribution in [0.5, 0.6) is 23.0 Å². The van der Waals surface area contributed by atoms with E-state index in [4.69, 9.17) is 23.4 Å². The number of hydrogen-bond donors (Lipinski definition) is 0. The summed E-state index contributed by atoms with van der Waals surface area (Å²) in [7, 11) is 6.43. The number of nitrogens with zero attached hydrogens (tertiary/aromatic N) is 1. The van der Waals surface area contributed by atoms with Gasteiger partial charge in [-0.2, -0.15) is 0 Å². The molecule has 0 fully saturated rings. The highest BCUT2D eigenvalue weighted by atomic mass is 16.5. The number of benzene rings is 3. The van der Waals surface area contributed by atoms with Crippen LogP contribution >= 0.6 is 0 Å². The average Bonchev–Trinajstić information content (AvgIpc) is 3.21. The molecule has 29 heavy (non-hydrogen) atoms. The Labute approximate surface area is 168 Å². The van der Waals surface area contributed by atoms with E-state index in [1.165, 1.54) is 0 Å². The van der Waals surface area contributed by atoms with Crippen molar-refractivity contribution in [3.05, 3.63) is 54.6 Å². The molecule has 4 aromatic rings. The van der Waals surface area contributed by atoms with Gasteiger partial charge in [0.15, 0.2) is 17.1 Å². The summed E-state index contributed by atoms with van der Waals surface area (Å²) in [4.78, 5) is 4.59. The topological polar surface area (TPSA) is 63.0 Å². The van der Waals surface area contributed by atoms with Crippen LogP contribution in [0.15, 0.2) is 59.0 Å². The number of rotatable bonds is 6. The molecular weight excluding hydrogens is 370 g/mol. The normalized spacial score (nSPS) is 10.8. The third kappa shape index (κ3) is 3.33. The van der Waals surface area contributed by atoms with Crippen molar-refractivity contribution in [2.75, 3.05) is 28.4 Å². The Morgan fingerprint density at radius 3 is 2.07 bits per heavy atom. The maximum atomic E-state index is 6.02. The Balaban J connectivity index is 1.78. The predicted molar refractivity (Wildman–Crippen MR) is 111 cm³/mol. The van der Waals surface area contributed by atoms with Crippen molar-refractivity contribution in [2.45, 2.75) is 0 Å². The number of aromatic nitrogens is 1. The lowest BCUT2D eigenvalue weighted by Crippen LogP contribution is -1.96. The molecule has 0 atom stereocenters. The molecule has 0 bridgehead atoms. The molecule has 148 valence electrons. The average molecular weight is 391 g/mol. The Kier molecular flexibility index (Phi) is 4.99. The highest BCUT2D eigenvalue weighted by Crippen LogP contribution is 2.44. The van der Waals surface area contributed by atoms with Crippen molar-refractivity contribution in [3.63, 3.8) is 0 Å². The Hall–Kier alpha value is -3.67. The van der Waals surface area contributed by atoms with E-state index in [1.807, 2.05) is 54.6 Å². The first-order valence-electron chi connectivity index (χ1n) is 9.03. The highest BCUT2D eigenvalue weighted by Gasteiger charge is 2.18. The zero-order chi connectivity index (χ0) is 20.4. The fourth-order valence-electron chi connectivity index (χ4n) is 3.28. The van der Waals surface area contributed by atoms with Gasteiger partial charge in [0.25, 0.3) is 0 Å². The lowest BCUT2D eigenvalue weighted by Gasteiger charge is -2.15. The number of hydrogen-bond acceptors (Lipinski definition) is 6. The maximum Gasteiger partial charge on any atom is 0.227 e. The first-order valence-corrected chi connectivity index (χ1v) is 9.03. The van der Waals surface area contributed by atoms with E-state index in [2.05, 4.69) is 4.98 Å². The molecule has 0 saturated heterocycles. The molecule has 6 nitrogen and oxygen atoms in total. The molecule has 0 aliphatic carbocycles. The molecule has 0 unspecified atom stereocenters. The Morgan fingerprint density at radius 1 is 0.690 bits per heavy atom. The van der Waals surface area contributed by atoms with Gasteiger partial charge in [0.2, 0.25) is 11.6 Å². The predicted octanol–water partition coefficient (Wildman–Crippen LogP) is 5.20. The van der Waals surface area contributed by atoms with Crippen LogP contribution in [0, 0.1) is 0 Å². The van der Waals surface area contributed by atoms with Gasteiger partial charge in [-0.25, -0.2) is 4.98 Å². The van der Waals surface area contributed by atoms with Gasteiger partial charge >= 0.3 is 0 Å². The van der Waals surface area contributed by atoms with Gasteiger partial charge in [-0.1, -0.05) is 6.07 Å². The summed E-state index contributed by atoms with van der Waals surface area (Å²) < 4.78 is 27.7. The van der Waals surface area contributed by atoms with Crippen LogP contribution in [0.25, 0.3) is 33.7 Å². The van der Waals surface area contributed by atoms with Gasteiger partial charge in [-0.05, 0) is 54.1 Å². The number of methoxy groups -OCH3 is 4. The molecule has 0 aliphatic heterocycles. The van der Waals surface area contributed by atoms with Crippen molar-refractivity contribution in [1.82, 2.24) is 4.98 Å². The minimum atomic E-state index is 0.545. The van der Waals surface area contributed by atoms with E-state index < -0.39 is 0 Å². The molecule has 4 rings (SSSR count). The molecule has 3 aromatic carbocycles. The van der Waals surface area contributed by atoms with Crippen LogP contribution in [-0.4, -0.2) is 33.4 Å². The summed E-state index contributed by atoms with van der Waals surface area (Å²) in [6.45, 7) is 0. The van der Waals surface area contributed by atoms with Crippen molar-refractivity contribution in [3.8, 4) is 45.6 Å². The molecule has 0 spiro atoms. The second kappa shape index (κ2) is 7.75. The van der Waals surface area contributed by atoms with Crippen LogP contribution in [0.3, 0.4) is 0 Å². The largest absolute Gasteiger partial charge is 0.497 e.